The summed E-state index contributed by atoms with van der Waals surface area (Å²) in [5.74, 6) is 0.434. The average Bonchev–Trinajstić information content (AvgIpc) is 2.28. The first-order chi connectivity index (χ1) is 7.72. The van der Waals surface area contributed by atoms with Gasteiger partial charge in [0.2, 0.25) is 0 Å². The van der Waals surface area contributed by atoms with Crippen LogP contribution in [0.3, 0.4) is 0 Å². The van der Waals surface area contributed by atoms with Gasteiger partial charge in [-0.15, -0.1) is 0 Å². The van der Waals surface area contributed by atoms with Crippen LogP contribution >= 0.6 is 0 Å². The summed E-state index contributed by atoms with van der Waals surface area (Å²) in [7, 11) is 0. The smallest absolute Gasteiger partial charge is 0.265 e. The van der Waals surface area contributed by atoms with E-state index in [0.717, 1.165) is 0 Å². The van der Waals surface area contributed by atoms with Gasteiger partial charge in [0.25, 0.3) is 5.91 Å². The monoisotopic (exact) mass is 224 g/mol. The lowest BCUT2D eigenvalue weighted by Crippen LogP contribution is -2.39. The number of nitrogens with zero attached hydrogens (tertiary/aromatic N) is 1. The lowest BCUT2D eigenvalue weighted by molar-refractivity contribution is -0.121. The minimum Gasteiger partial charge on any atom is -0.481 e. The van der Waals surface area contributed by atoms with Crippen LogP contribution in [0.2, 0.25) is 0 Å². The summed E-state index contributed by atoms with van der Waals surface area (Å²) < 4.78 is 17.4. The summed E-state index contributed by atoms with van der Waals surface area (Å²) in [6, 6.07) is 5.09. The van der Waals surface area contributed by atoms with Crippen LogP contribution in [0, 0.1) is 0 Å². The molecule has 2 N–H and O–H groups in total. The third-order valence-electron chi connectivity index (χ3n) is 2.44. The van der Waals surface area contributed by atoms with Crippen molar-refractivity contribution < 1.29 is 13.9 Å². The van der Waals surface area contributed by atoms with E-state index in [2.05, 4.69) is 0 Å². The number of carbonyl (C=O) groups is 1. The van der Waals surface area contributed by atoms with E-state index < -0.39 is 6.67 Å². The molecule has 1 amide bonds. The number of halogens is 1. The Kier molecular flexibility index (Phi) is 2.94. The molecule has 1 aromatic rings. The summed E-state index contributed by atoms with van der Waals surface area (Å²) in [6.45, 7) is -0.0761. The molecule has 0 radical (unpaired) electrons. The predicted octanol–water partition coefficient (Wildman–Crippen LogP) is 1.35. The Morgan fingerprint density at radius 1 is 1.50 bits per heavy atom. The van der Waals surface area contributed by atoms with Crippen molar-refractivity contribution in [1.29, 1.82) is 0 Å². The zero-order valence-corrected chi connectivity index (χ0v) is 8.78. The highest BCUT2D eigenvalue weighted by molar-refractivity contribution is 5.98. The van der Waals surface area contributed by atoms with Gasteiger partial charge in [-0.05, 0) is 18.6 Å². The number of anilines is 2. The molecule has 1 heterocycles. The van der Waals surface area contributed by atoms with Gasteiger partial charge in [0.15, 0.2) is 6.61 Å². The molecule has 4 nitrogen and oxygen atoms in total. The number of rotatable bonds is 3. The number of benzene rings is 1. The van der Waals surface area contributed by atoms with Crippen LogP contribution in [-0.4, -0.2) is 25.7 Å². The van der Waals surface area contributed by atoms with Crippen molar-refractivity contribution >= 4 is 17.3 Å². The van der Waals surface area contributed by atoms with Crippen molar-refractivity contribution in [3.8, 4) is 5.75 Å². The molecular formula is C11H13FN2O2. The largest absolute Gasteiger partial charge is 0.481 e. The first-order valence-corrected chi connectivity index (χ1v) is 5.11. The first-order valence-electron chi connectivity index (χ1n) is 5.11. The second-order valence-corrected chi connectivity index (χ2v) is 3.60. The zero-order chi connectivity index (χ0) is 11.5. The quantitative estimate of drug-likeness (QED) is 0.788. The molecule has 0 aliphatic carbocycles. The summed E-state index contributed by atoms with van der Waals surface area (Å²) in [5.41, 5.74) is 6.87. The zero-order valence-electron chi connectivity index (χ0n) is 8.78. The van der Waals surface area contributed by atoms with Crippen LogP contribution < -0.4 is 15.4 Å². The molecule has 0 unspecified atom stereocenters. The maximum absolute atomic E-state index is 12.1. The van der Waals surface area contributed by atoms with Crippen LogP contribution in [0.25, 0.3) is 0 Å². The van der Waals surface area contributed by atoms with E-state index in [9.17, 15) is 9.18 Å². The van der Waals surface area contributed by atoms with Gasteiger partial charge in [0, 0.05) is 18.3 Å². The highest BCUT2D eigenvalue weighted by Crippen LogP contribution is 2.33. The van der Waals surface area contributed by atoms with E-state index in [1.807, 2.05) is 0 Å². The molecule has 1 aromatic carbocycles. The molecule has 1 aliphatic heterocycles. The van der Waals surface area contributed by atoms with Crippen molar-refractivity contribution in [2.24, 2.45) is 0 Å². The Labute approximate surface area is 92.8 Å². The Morgan fingerprint density at radius 3 is 3.06 bits per heavy atom. The van der Waals surface area contributed by atoms with Gasteiger partial charge >= 0.3 is 0 Å². The topological polar surface area (TPSA) is 55.6 Å². The lowest BCUT2D eigenvalue weighted by Gasteiger charge is -2.29. The van der Waals surface area contributed by atoms with Gasteiger partial charge in [0.05, 0.1) is 12.4 Å². The fraction of sp³-hybridized carbons (Fsp3) is 0.364. The number of nitrogen functional groups attached to an aromatic ring is 1. The molecule has 0 fully saturated rings. The van der Waals surface area contributed by atoms with Gasteiger partial charge in [-0.25, -0.2) is 0 Å². The second-order valence-electron chi connectivity index (χ2n) is 3.60. The Bertz CT molecular complexity index is 409. The Morgan fingerprint density at radius 2 is 2.31 bits per heavy atom. The fourth-order valence-corrected chi connectivity index (χ4v) is 1.68. The number of fused-ring (bicyclic) bond motifs is 1. The van der Waals surface area contributed by atoms with Crippen LogP contribution in [0.4, 0.5) is 15.8 Å². The number of amides is 1. The SMILES string of the molecule is Nc1ccc2c(c1)OCC(=O)N2CCCF. The third-order valence-corrected chi connectivity index (χ3v) is 2.44. The van der Waals surface area contributed by atoms with E-state index in [0.29, 0.717) is 30.1 Å². The van der Waals surface area contributed by atoms with E-state index in [-0.39, 0.29) is 12.5 Å². The maximum atomic E-state index is 12.1. The second kappa shape index (κ2) is 4.38. The normalized spacial score (nSPS) is 14.6. The van der Waals surface area contributed by atoms with Crippen LogP contribution in [0.1, 0.15) is 6.42 Å². The minimum atomic E-state index is -0.436. The van der Waals surface area contributed by atoms with Gasteiger partial charge < -0.3 is 15.4 Å². The lowest BCUT2D eigenvalue weighted by atomic mass is 10.2. The minimum absolute atomic E-state index is 0.0112. The molecule has 16 heavy (non-hydrogen) atoms. The number of ether oxygens (including phenoxy) is 1. The standard InChI is InChI=1S/C11H13FN2O2/c12-4-1-5-14-9-3-2-8(13)6-10(9)16-7-11(14)15/h2-3,6H,1,4-5,7,13H2. The summed E-state index contributed by atoms with van der Waals surface area (Å²) in [5, 5.41) is 0. The molecule has 0 bridgehead atoms. The molecule has 0 spiro atoms. The van der Waals surface area contributed by atoms with Gasteiger partial charge in [-0.2, -0.15) is 0 Å². The number of hydrogen-bond acceptors (Lipinski definition) is 3. The third kappa shape index (κ3) is 1.93. The first kappa shape index (κ1) is 10.7. The molecule has 0 aromatic heterocycles. The maximum Gasteiger partial charge on any atom is 0.265 e. The highest BCUT2D eigenvalue weighted by atomic mass is 19.1. The van der Waals surface area contributed by atoms with Crippen molar-refractivity contribution in [1.82, 2.24) is 0 Å². The average molecular weight is 224 g/mol. The molecule has 2 rings (SSSR count). The van der Waals surface area contributed by atoms with E-state index in [1.54, 1.807) is 18.2 Å². The van der Waals surface area contributed by atoms with Crippen LogP contribution in [-0.2, 0) is 4.79 Å². The van der Waals surface area contributed by atoms with Crippen LogP contribution in [0.5, 0.6) is 5.75 Å². The Hall–Kier alpha value is -1.78. The number of nitrogens with two attached hydrogens (primary N) is 1. The summed E-state index contributed by atoms with van der Waals surface area (Å²) >= 11 is 0. The molecule has 5 heteroatoms. The van der Waals surface area contributed by atoms with Crippen molar-refractivity contribution in [2.75, 3.05) is 30.5 Å². The summed E-state index contributed by atoms with van der Waals surface area (Å²) in [6.07, 6.45) is 0.329. The van der Waals surface area contributed by atoms with E-state index >= 15 is 0 Å². The summed E-state index contributed by atoms with van der Waals surface area (Å²) in [4.78, 5) is 13.1. The van der Waals surface area contributed by atoms with E-state index in [1.165, 1.54) is 4.90 Å². The number of alkyl halides is 1. The van der Waals surface area contributed by atoms with E-state index in [4.69, 9.17) is 10.5 Å². The van der Waals surface area contributed by atoms with Crippen molar-refractivity contribution in [3.05, 3.63) is 18.2 Å². The van der Waals surface area contributed by atoms with Crippen molar-refractivity contribution in [2.45, 2.75) is 6.42 Å². The molecule has 86 valence electrons. The molecule has 0 saturated carbocycles. The molecular weight excluding hydrogens is 211 g/mol. The highest BCUT2D eigenvalue weighted by Gasteiger charge is 2.24. The molecule has 0 atom stereocenters. The number of hydrogen-bond donors (Lipinski definition) is 1. The van der Waals surface area contributed by atoms with Gasteiger partial charge in [0.1, 0.15) is 5.75 Å². The predicted molar refractivity (Wildman–Crippen MR) is 59.3 cm³/mol. The fourth-order valence-electron chi connectivity index (χ4n) is 1.68. The van der Waals surface area contributed by atoms with Gasteiger partial charge in [-0.1, -0.05) is 0 Å². The van der Waals surface area contributed by atoms with Crippen molar-refractivity contribution in [3.63, 3.8) is 0 Å². The molecule has 1 aliphatic rings. The molecule has 0 saturated heterocycles. The number of carbonyl (C=O) groups excluding carboxylic acids is 1. The van der Waals surface area contributed by atoms with Gasteiger partial charge in [-0.3, -0.25) is 9.18 Å². The van der Waals surface area contributed by atoms with Crippen LogP contribution in [0.15, 0.2) is 18.2 Å². The Balaban J connectivity index is 2.29.